The highest BCUT2D eigenvalue weighted by molar-refractivity contribution is 5.66. The predicted octanol–water partition coefficient (Wildman–Crippen LogP) is 3.97. The molecule has 0 aliphatic heterocycles. The van der Waals surface area contributed by atoms with Gasteiger partial charge in [-0.15, -0.1) is 5.10 Å². The fraction of sp³-hybridized carbons (Fsp3) is 0.174. The van der Waals surface area contributed by atoms with Crippen LogP contribution in [0.1, 0.15) is 34.8 Å². The van der Waals surface area contributed by atoms with Crippen LogP contribution >= 0.6 is 0 Å². The minimum Gasteiger partial charge on any atom is -0.470 e. The number of hydrogen-bond donors (Lipinski definition) is 0. The van der Waals surface area contributed by atoms with Crippen molar-refractivity contribution < 1.29 is 22.3 Å². The molecule has 4 rings (SSSR count). The summed E-state index contributed by atoms with van der Waals surface area (Å²) < 4.78 is 53.7. The van der Waals surface area contributed by atoms with E-state index in [1.165, 1.54) is 30.8 Å². The van der Waals surface area contributed by atoms with Gasteiger partial charge in [0, 0.05) is 29.8 Å². The maximum Gasteiger partial charge on any atom is 0.232 e. The van der Waals surface area contributed by atoms with E-state index in [0.717, 1.165) is 13.0 Å². The predicted molar refractivity (Wildman–Crippen MR) is 114 cm³/mol. The van der Waals surface area contributed by atoms with E-state index in [-0.39, 0.29) is 29.5 Å². The first kappa shape index (κ1) is 22.7. The van der Waals surface area contributed by atoms with Gasteiger partial charge in [-0.1, -0.05) is 11.1 Å². The van der Waals surface area contributed by atoms with Gasteiger partial charge in [-0.3, -0.25) is 4.68 Å². The van der Waals surface area contributed by atoms with Crippen molar-refractivity contribution in [2.75, 3.05) is 0 Å². The Hall–Kier alpha value is -4.46. The lowest BCUT2D eigenvalue weighted by atomic mass is 10.1. The second kappa shape index (κ2) is 10.4. The first-order valence-electron chi connectivity index (χ1n) is 10.0. The smallest absolute Gasteiger partial charge is 0.232 e. The zero-order valence-electron chi connectivity index (χ0n) is 17.9. The summed E-state index contributed by atoms with van der Waals surface area (Å²) in [6.45, 7) is 1.83. The lowest BCUT2D eigenvalue weighted by molar-refractivity contribution is 0.287. The molecule has 3 heterocycles. The number of nitrogens with zero attached hydrogens (tertiary/aromatic N) is 6. The van der Waals surface area contributed by atoms with Crippen molar-refractivity contribution in [1.29, 1.82) is 0 Å². The molecule has 11 heteroatoms. The third-order valence-corrected chi connectivity index (χ3v) is 4.54. The third kappa shape index (κ3) is 5.66. The Morgan fingerprint density at radius 1 is 1.15 bits per heavy atom. The van der Waals surface area contributed by atoms with Crippen molar-refractivity contribution >= 4 is 12.2 Å². The molecule has 0 atom stereocenters. The molecule has 0 amide bonds. The Kier molecular flexibility index (Phi) is 6.98. The van der Waals surface area contributed by atoms with Gasteiger partial charge >= 0.3 is 0 Å². The van der Waals surface area contributed by atoms with Crippen LogP contribution in [-0.4, -0.2) is 29.9 Å². The minimum atomic E-state index is -1.23. The summed E-state index contributed by atoms with van der Waals surface area (Å²) in [6, 6.07) is 0.904. The topological polar surface area (TPSA) is 91.8 Å². The monoisotopic (exact) mass is 466 g/mol. The number of hydrogen-bond acceptors (Lipinski definition) is 7. The van der Waals surface area contributed by atoms with E-state index in [2.05, 4.69) is 37.1 Å². The SMILES string of the molecule is Cc1c(F)cc(C=Cc2nc(COc3cnc(C#CCCn4ccnn4)cn3)co2)c(F)c1F. The molecule has 0 saturated heterocycles. The third-order valence-electron chi connectivity index (χ3n) is 4.54. The van der Waals surface area contributed by atoms with Crippen molar-refractivity contribution in [1.82, 2.24) is 29.9 Å². The molecule has 0 spiro atoms. The Morgan fingerprint density at radius 2 is 2.03 bits per heavy atom. The van der Waals surface area contributed by atoms with E-state index in [4.69, 9.17) is 9.15 Å². The molecule has 1 aromatic carbocycles. The number of benzene rings is 1. The molecule has 3 aromatic heterocycles. The lowest BCUT2D eigenvalue weighted by Crippen LogP contribution is -1.99. The van der Waals surface area contributed by atoms with Gasteiger partial charge in [-0.2, -0.15) is 0 Å². The van der Waals surface area contributed by atoms with Crippen LogP contribution in [0.2, 0.25) is 0 Å². The average Bonchev–Trinajstić information content (AvgIpc) is 3.53. The molecule has 8 nitrogen and oxygen atoms in total. The number of ether oxygens (including phenoxy) is 1. The Labute approximate surface area is 192 Å². The maximum absolute atomic E-state index is 13.9. The summed E-state index contributed by atoms with van der Waals surface area (Å²) in [5.74, 6) is 3.04. The van der Waals surface area contributed by atoms with Gasteiger partial charge in [-0.25, -0.2) is 28.1 Å². The number of aryl methyl sites for hydroxylation is 1. The van der Waals surface area contributed by atoms with Gasteiger partial charge in [0.25, 0.3) is 0 Å². The van der Waals surface area contributed by atoms with Gasteiger partial charge < -0.3 is 9.15 Å². The maximum atomic E-state index is 13.9. The Balaban J connectivity index is 1.30. The highest BCUT2D eigenvalue weighted by Crippen LogP contribution is 2.21. The second-order valence-corrected chi connectivity index (χ2v) is 6.96. The molecule has 34 heavy (non-hydrogen) atoms. The standard InChI is InChI=1S/C23H17F3N6O2/c1-15-19(24)10-16(23(26)22(15)25)5-6-20-30-18(13-33-20)14-34-21-12-27-17(11-28-21)4-2-3-8-32-9-7-29-31-32/h5-7,9-13H,3,8,14H2,1H3. The van der Waals surface area contributed by atoms with Crippen LogP contribution in [0.15, 0.2) is 41.5 Å². The van der Waals surface area contributed by atoms with Crippen LogP contribution in [0.4, 0.5) is 13.2 Å². The molecule has 0 N–H and O–H groups in total. The van der Waals surface area contributed by atoms with Crippen molar-refractivity contribution in [3.63, 3.8) is 0 Å². The number of halogens is 3. The molecule has 172 valence electrons. The summed E-state index contributed by atoms with van der Waals surface area (Å²) in [5.41, 5.74) is 0.293. The van der Waals surface area contributed by atoms with E-state index in [9.17, 15) is 13.2 Å². The van der Waals surface area contributed by atoms with E-state index in [1.807, 2.05) is 0 Å². The van der Waals surface area contributed by atoms with E-state index >= 15 is 0 Å². The van der Waals surface area contributed by atoms with Gasteiger partial charge in [0.1, 0.15) is 30.1 Å². The summed E-state index contributed by atoms with van der Waals surface area (Å²) >= 11 is 0. The minimum absolute atomic E-state index is 0.0388. The summed E-state index contributed by atoms with van der Waals surface area (Å²) in [6.07, 6.45) is 10.7. The molecule has 0 saturated carbocycles. The molecule has 0 aliphatic rings. The van der Waals surface area contributed by atoms with Gasteiger partial charge in [0.15, 0.2) is 11.6 Å². The molecular weight excluding hydrogens is 449 g/mol. The summed E-state index contributed by atoms with van der Waals surface area (Å²) in [4.78, 5) is 12.5. The van der Waals surface area contributed by atoms with Crippen LogP contribution in [0.25, 0.3) is 12.2 Å². The quantitative estimate of drug-likeness (QED) is 0.301. The van der Waals surface area contributed by atoms with Crippen molar-refractivity contribution in [2.45, 2.75) is 26.5 Å². The molecule has 0 fully saturated rings. The van der Waals surface area contributed by atoms with Crippen LogP contribution < -0.4 is 4.74 Å². The number of aromatic nitrogens is 6. The first-order chi connectivity index (χ1) is 16.5. The van der Waals surface area contributed by atoms with E-state index < -0.39 is 17.5 Å². The average molecular weight is 466 g/mol. The fourth-order valence-electron chi connectivity index (χ4n) is 2.73. The van der Waals surface area contributed by atoms with Crippen molar-refractivity contribution in [2.24, 2.45) is 0 Å². The lowest BCUT2D eigenvalue weighted by Gasteiger charge is -2.03. The highest BCUT2D eigenvalue weighted by Gasteiger charge is 2.14. The van der Waals surface area contributed by atoms with Gasteiger partial charge in [0.05, 0.1) is 25.1 Å². The van der Waals surface area contributed by atoms with Gasteiger partial charge in [0.2, 0.25) is 11.8 Å². The molecule has 0 unspecified atom stereocenters. The molecule has 0 radical (unpaired) electrons. The highest BCUT2D eigenvalue weighted by atomic mass is 19.2. The Bertz CT molecular complexity index is 1360. The molecule has 0 aliphatic carbocycles. The zero-order valence-corrected chi connectivity index (χ0v) is 17.9. The van der Waals surface area contributed by atoms with Gasteiger partial charge in [-0.05, 0) is 25.0 Å². The summed E-state index contributed by atoms with van der Waals surface area (Å²) in [7, 11) is 0. The normalized spacial score (nSPS) is 10.9. The first-order valence-corrected chi connectivity index (χ1v) is 10.0. The van der Waals surface area contributed by atoms with Crippen LogP contribution in [0.3, 0.4) is 0 Å². The van der Waals surface area contributed by atoms with Crippen molar-refractivity contribution in [3.05, 3.63) is 83.0 Å². The second-order valence-electron chi connectivity index (χ2n) is 6.96. The van der Waals surface area contributed by atoms with Crippen LogP contribution in [0, 0.1) is 36.2 Å². The van der Waals surface area contributed by atoms with E-state index in [0.29, 0.717) is 24.4 Å². The number of oxazole rings is 1. The molecular formula is C23H17F3N6O2. The molecule has 0 bridgehead atoms. The largest absolute Gasteiger partial charge is 0.470 e. The Morgan fingerprint density at radius 3 is 2.79 bits per heavy atom. The zero-order chi connectivity index (χ0) is 23.9. The van der Waals surface area contributed by atoms with Crippen molar-refractivity contribution in [3.8, 4) is 17.7 Å². The molecule has 4 aromatic rings. The fourth-order valence-corrected chi connectivity index (χ4v) is 2.73. The van der Waals surface area contributed by atoms with Crippen LogP contribution in [0.5, 0.6) is 5.88 Å². The number of rotatable bonds is 7. The van der Waals surface area contributed by atoms with E-state index in [1.54, 1.807) is 17.1 Å². The summed E-state index contributed by atoms with van der Waals surface area (Å²) in [5, 5.41) is 7.57. The van der Waals surface area contributed by atoms with Crippen LogP contribution in [-0.2, 0) is 13.2 Å².